The molecule has 3 aliphatic carbocycles. The summed E-state index contributed by atoms with van der Waals surface area (Å²) in [5.74, 6) is 0. The van der Waals surface area contributed by atoms with E-state index in [4.69, 9.17) is 0 Å². The fraction of sp³-hybridized carbons (Fsp3) is 0.571. The molecule has 0 saturated carbocycles. The second-order valence-electron chi connectivity index (χ2n) is 11.1. The Bertz CT molecular complexity index is 908. The van der Waals surface area contributed by atoms with Crippen molar-refractivity contribution in [3.05, 3.63) is 62.8 Å². The molecular formula is C28H38Hf. The summed E-state index contributed by atoms with van der Waals surface area (Å²) in [6.45, 7) is 19.2. The van der Waals surface area contributed by atoms with Gasteiger partial charge < -0.3 is 0 Å². The normalized spacial score (nSPS) is 25.2. The monoisotopic (exact) mass is 554 g/mol. The van der Waals surface area contributed by atoms with Gasteiger partial charge in [0.25, 0.3) is 0 Å². The van der Waals surface area contributed by atoms with Crippen molar-refractivity contribution >= 4 is 6.08 Å². The minimum atomic E-state index is 0. The van der Waals surface area contributed by atoms with Crippen molar-refractivity contribution in [1.29, 1.82) is 0 Å². The fourth-order valence-corrected chi connectivity index (χ4v) is 6.52. The van der Waals surface area contributed by atoms with E-state index in [1.165, 1.54) is 48.8 Å². The summed E-state index contributed by atoms with van der Waals surface area (Å²) in [6.07, 6.45) is 11.4. The van der Waals surface area contributed by atoms with Gasteiger partial charge in [-0.2, -0.15) is 0 Å². The third-order valence-electron chi connectivity index (χ3n) is 8.43. The van der Waals surface area contributed by atoms with Gasteiger partial charge in [0.2, 0.25) is 0 Å². The number of hydrogen-bond donors (Lipinski definition) is 0. The number of fused-ring (bicyclic) bond motifs is 2. The molecule has 0 N–H and O–H groups in total. The van der Waals surface area contributed by atoms with Crippen molar-refractivity contribution in [1.82, 2.24) is 0 Å². The molecule has 0 aromatic heterocycles. The molecule has 0 amide bonds. The first-order chi connectivity index (χ1) is 13.0. The predicted octanol–water partition coefficient (Wildman–Crippen LogP) is 7.96. The molecule has 29 heavy (non-hydrogen) atoms. The third-order valence-corrected chi connectivity index (χ3v) is 8.43. The summed E-state index contributed by atoms with van der Waals surface area (Å²) in [5, 5.41) is 0. The third kappa shape index (κ3) is 3.26. The van der Waals surface area contributed by atoms with Crippen LogP contribution in [0.4, 0.5) is 0 Å². The maximum Gasteiger partial charge on any atom is 0.0275 e. The Balaban J connectivity index is 0.00000240. The van der Waals surface area contributed by atoms with E-state index in [0.29, 0.717) is 0 Å². The number of allylic oxidation sites excluding steroid dienone is 5. The number of rotatable bonds is 2. The molecule has 0 spiro atoms. The van der Waals surface area contributed by atoms with E-state index < -0.39 is 0 Å². The van der Waals surface area contributed by atoms with Gasteiger partial charge in [-0.05, 0) is 98.6 Å². The fourth-order valence-electron chi connectivity index (χ4n) is 6.52. The summed E-state index contributed by atoms with van der Waals surface area (Å²) in [6, 6.07) is 5.14. The van der Waals surface area contributed by atoms with E-state index >= 15 is 0 Å². The zero-order valence-electron chi connectivity index (χ0n) is 19.8. The Morgan fingerprint density at radius 3 is 1.90 bits per heavy atom. The van der Waals surface area contributed by atoms with E-state index in [-0.39, 0.29) is 42.1 Å². The first-order valence-corrected chi connectivity index (χ1v) is 11.2. The molecule has 0 nitrogen and oxygen atoms in total. The van der Waals surface area contributed by atoms with Crippen LogP contribution in [0.25, 0.3) is 6.08 Å². The summed E-state index contributed by atoms with van der Waals surface area (Å²) in [4.78, 5) is 0. The Kier molecular flexibility index (Phi) is 5.92. The summed E-state index contributed by atoms with van der Waals surface area (Å²) >= 11 is 0. The molecule has 0 radical (unpaired) electrons. The Labute approximate surface area is 197 Å². The SMILES string of the molecule is CC1=C(C)C(C)(C2(CC(C)(C)C)C=Cc3cc4c(cc32)CCCC4)C(C)=C1C.[Hf]. The van der Waals surface area contributed by atoms with Gasteiger partial charge in [-0.3, -0.25) is 0 Å². The first-order valence-electron chi connectivity index (χ1n) is 11.2. The van der Waals surface area contributed by atoms with Crippen LogP contribution < -0.4 is 0 Å². The van der Waals surface area contributed by atoms with Crippen LogP contribution in [-0.4, -0.2) is 0 Å². The maximum atomic E-state index is 2.62. The molecule has 1 aromatic rings. The Morgan fingerprint density at radius 1 is 0.862 bits per heavy atom. The Hall–Kier alpha value is -0.690. The van der Waals surface area contributed by atoms with E-state index in [2.05, 4.69) is 79.7 Å². The van der Waals surface area contributed by atoms with Crippen molar-refractivity contribution in [2.45, 2.75) is 92.9 Å². The molecule has 0 saturated heterocycles. The molecule has 0 aliphatic heterocycles. The van der Waals surface area contributed by atoms with Crippen LogP contribution in [0.2, 0.25) is 0 Å². The van der Waals surface area contributed by atoms with Crippen molar-refractivity contribution in [3.8, 4) is 0 Å². The van der Waals surface area contributed by atoms with E-state index in [1.807, 2.05) is 0 Å². The molecule has 0 fully saturated rings. The minimum absolute atomic E-state index is 0. The predicted molar refractivity (Wildman–Crippen MR) is 123 cm³/mol. The molecule has 1 atom stereocenters. The summed E-state index contributed by atoms with van der Waals surface area (Å²) < 4.78 is 0. The van der Waals surface area contributed by atoms with E-state index in [1.54, 1.807) is 27.8 Å². The van der Waals surface area contributed by atoms with Crippen LogP contribution in [0.3, 0.4) is 0 Å². The van der Waals surface area contributed by atoms with Gasteiger partial charge in [-0.15, -0.1) is 0 Å². The van der Waals surface area contributed by atoms with Gasteiger partial charge in [0.1, 0.15) is 0 Å². The van der Waals surface area contributed by atoms with Gasteiger partial charge in [0, 0.05) is 36.7 Å². The van der Waals surface area contributed by atoms with Gasteiger partial charge in [-0.1, -0.05) is 63.1 Å². The zero-order chi connectivity index (χ0) is 20.5. The van der Waals surface area contributed by atoms with Crippen molar-refractivity contribution in [3.63, 3.8) is 0 Å². The first kappa shape index (κ1) is 23.0. The van der Waals surface area contributed by atoms with Crippen LogP contribution in [-0.2, 0) is 44.1 Å². The molecule has 1 aromatic carbocycles. The van der Waals surface area contributed by atoms with Gasteiger partial charge >= 0.3 is 0 Å². The molecule has 3 aliphatic rings. The minimum Gasteiger partial charge on any atom is -0.0721 e. The average molecular weight is 553 g/mol. The van der Waals surface area contributed by atoms with Crippen LogP contribution in [0.1, 0.15) is 96.9 Å². The zero-order valence-corrected chi connectivity index (χ0v) is 23.4. The van der Waals surface area contributed by atoms with E-state index in [9.17, 15) is 0 Å². The smallest absolute Gasteiger partial charge is 0.0275 e. The second-order valence-corrected chi connectivity index (χ2v) is 11.1. The summed E-state index contributed by atoms with van der Waals surface area (Å²) in [7, 11) is 0. The number of aryl methyl sites for hydroxylation is 2. The molecule has 1 unspecified atom stereocenters. The van der Waals surface area contributed by atoms with Crippen molar-refractivity contribution in [2.75, 3.05) is 0 Å². The van der Waals surface area contributed by atoms with Crippen LogP contribution in [0.5, 0.6) is 0 Å². The largest absolute Gasteiger partial charge is 0.0721 e. The van der Waals surface area contributed by atoms with Gasteiger partial charge in [0.15, 0.2) is 0 Å². The average Bonchev–Trinajstić information content (AvgIpc) is 3.06. The molecule has 1 heteroatoms. The van der Waals surface area contributed by atoms with Crippen molar-refractivity contribution in [2.24, 2.45) is 10.8 Å². The quantitative estimate of drug-likeness (QED) is 0.326. The molecular weight excluding hydrogens is 515 g/mol. The van der Waals surface area contributed by atoms with Gasteiger partial charge in [-0.25, -0.2) is 0 Å². The standard InChI is InChI=1S/C28H38.Hf/c1-18-19(2)21(4)27(8,20(18)3)28(17-26(5,6)7)14-13-24-15-22-11-9-10-12-23(22)16-25(24)28;/h13-16H,9-12,17H2,1-8H3;. The van der Waals surface area contributed by atoms with Crippen molar-refractivity contribution < 1.29 is 25.8 Å². The van der Waals surface area contributed by atoms with Crippen LogP contribution in [0.15, 0.2) is 40.5 Å². The van der Waals surface area contributed by atoms with Crippen LogP contribution >= 0.6 is 0 Å². The summed E-state index contributed by atoms with van der Waals surface area (Å²) in [5.41, 5.74) is 12.8. The van der Waals surface area contributed by atoms with Crippen LogP contribution in [0, 0.1) is 10.8 Å². The molecule has 0 bridgehead atoms. The molecule has 4 rings (SSSR count). The number of benzene rings is 1. The van der Waals surface area contributed by atoms with Gasteiger partial charge in [0.05, 0.1) is 0 Å². The maximum absolute atomic E-state index is 2.62. The number of hydrogen-bond acceptors (Lipinski definition) is 0. The molecule has 154 valence electrons. The second kappa shape index (κ2) is 7.47. The van der Waals surface area contributed by atoms with E-state index in [0.717, 1.165) is 0 Å². The molecule has 0 heterocycles. The Morgan fingerprint density at radius 2 is 1.38 bits per heavy atom. The topological polar surface area (TPSA) is 0 Å².